The van der Waals surface area contributed by atoms with Crippen LogP contribution in [0, 0.1) is 0 Å². The van der Waals surface area contributed by atoms with Crippen LogP contribution >= 0.6 is 12.4 Å². The maximum Gasteiger partial charge on any atom is 0.237 e. The minimum absolute atomic E-state index is 0. The van der Waals surface area contributed by atoms with Gasteiger partial charge in [0.1, 0.15) is 0 Å². The van der Waals surface area contributed by atoms with Crippen molar-refractivity contribution in [3.63, 3.8) is 0 Å². The summed E-state index contributed by atoms with van der Waals surface area (Å²) in [5.41, 5.74) is 2.75. The van der Waals surface area contributed by atoms with E-state index in [2.05, 4.69) is 34.9 Å². The lowest BCUT2D eigenvalue weighted by Crippen LogP contribution is -2.47. The largest absolute Gasteiger partial charge is 0.392 e. The molecule has 3 unspecified atom stereocenters. The Hall–Kier alpha value is -1.10. The summed E-state index contributed by atoms with van der Waals surface area (Å²) in [5, 5.41) is 15.6. The van der Waals surface area contributed by atoms with Crippen molar-refractivity contribution >= 4 is 18.3 Å². The second-order valence-electron chi connectivity index (χ2n) is 5.57. The van der Waals surface area contributed by atoms with Crippen LogP contribution in [0.4, 0.5) is 0 Å². The number of rotatable bonds is 2. The monoisotopic (exact) mass is 296 g/mol. The Balaban J connectivity index is 0.00000147. The molecule has 0 spiro atoms. The normalized spacial score (nSPS) is 28.4. The van der Waals surface area contributed by atoms with Crippen LogP contribution in [0.1, 0.15) is 24.0 Å². The van der Waals surface area contributed by atoms with Crippen LogP contribution in [0.5, 0.6) is 0 Å². The second-order valence-corrected chi connectivity index (χ2v) is 5.57. The number of fused-ring (bicyclic) bond motifs is 1. The van der Waals surface area contributed by atoms with Gasteiger partial charge in [0.25, 0.3) is 0 Å². The number of nitrogens with one attached hydrogen (secondary N) is 2. The van der Waals surface area contributed by atoms with E-state index in [0.717, 1.165) is 19.3 Å². The van der Waals surface area contributed by atoms with Gasteiger partial charge in [0.2, 0.25) is 5.91 Å². The Morgan fingerprint density at radius 2 is 2.05 bits per heavy atom. The lowest BCUT2D eigenvalue weighted by molar-refractivity contribution is -0.123. The summed E-state index contributed by atoms with van der Waals surface area (Å²) >= 11 is 0. The quantitative estimate of drug-likeness (QED) is 0.757. The number of β-amino-alcohol motifs (C(OH)–C–C–N with tert-alkyl or cyclic N) is 1. The fraction of sp³-hybridized carbons (Fsp3) is 0.533. The first-order valence-electron chi connectivity index (χ1n) is 7.01. The third-order valence-electron chi connectivity index (χ3n) is 4.12. The molecule has 1 aliphatic heterocycles. The predicted molar refractivity (Wildman–Crippen MR) is 80.1 cm³/mol. The van der Waals surface area contributed by atoms with Crippen LogP contribution in [-0.2, 0) is 17.6 Å². The van der Waals surface area contributed by atoms with E-state index < -0.39 is 0 Å². The maximum atomic E-state index is 12.1. The van der Waals surface area contributed by atoms with E-state index in [4.69, 9.17) is 0 Å². The van der Waals surface area contributed by atoms with Crippen LogP contribution < -0.4 is 10.6 Å². The minimum atomic E-state index is -0.386. The number of hydrogen-bond donors (Lipinski definition) is 3. The van der Waals surface area contributed by atoms with Gasteiger partial charge in [-0.25, -0.2) is 0 Å². The average Bonchev–Trinajstić information content (AvgIpc) is 2.85. The Labute approximate surface area is 125 Å². The minimum Gasteiger partial charge on any atom is -0.392 e. The highest BCUT2D eigenvalue weighted by Crippen LogP contribution is 2.21. The molecule has 1 fully saturated rings. The van der Waals surface area contributed by atoms with Gasteiger partial charge in [0.05, 0.1) is 12.1 Å². The molecule has 3 atom stereocenters. The molecule has 1 aromatic rings. The highest BCUT2D eigenvalue weighted by Gasteiger charge is 2.30. The Kier molecular flexibility index (Phi) is 5.02. The van der Waals surface area contributed by atoms with Crippen molar-refractivity contribution in [1.29, 1.82) is 0 Å². The van der Waals surface area contributed by atoms with Gasteiger partial charge in [-0.2, -0.15) is 0 Å². The van der Waals surface area contributed by atoms with Crippen LogP contribution in [0.3, 0.4) is 0 Å². The SMILES string of the molecule is Cl.O=C(NC1CCc2ccccc2C1)C1CC(O)CN1. The molecule has 20 heavy (non-hydrogen) atoms. The molecule has 1 aromatic carbocycles. The highest BCUT2D eigenvalue weighted by atomic mass is 35.5. The van der Waals surface area contributed by atoms with Crippen LogP contribution in [-0.4, -0.2) is 35.7 Å². The van der Waals surface area contributed by atoms with Crippen molar-refractivity contribution in [1.82, 2.24) is 10.6 Å². The number of aliphatic hydroxyl groups is 1. The van der Waals surface area contributed by atoms with Crippen molar-refractivity contribution in [3.05, 3.63) is 35.4 Å². The summed E-state index contributed by atoms with van der Waals surface area (Å²) in [5.74, 6) is 0.0286. The van der Waals surface area contributed by atoms with E-state index in [9.17, 15) is 9.90 Å². The van der Waals surface area contributed by atoms with E-state index in [-0.39, 0.29) is 36.5 Å². The van der Waals surface area contributed by atoms with Gasteiger partial charge < -0.3 is 15.7 Å². The molecule has 0 bridgehead atoms. The number of amides is 1. The fourth-order valence-corrected chi connectivity index (χ4v) is 3.04. The van der Waals surface area contributed by atoms with Crippen molar-refractivity contribution in [3.8, 4) is 0 Å². The third kappa shape index (κ3) is 3.32. The van der Waals surface area contributed by atoms with E-state index in [0.29, 0.717) is 13.0 Å². The van der Waals surface area contributed by atoms with Gasteiger partial charge in [-0.3, -0.25) is 4.79 Å². The van der Waals surface area contributed by atoms with Crippen LogP contribution in [0.15, 0.2) is 24.3 Å². The molecule has 3 N–H and O–H groups in total. The summed E-state index contributed by atoms with van der Waals surface area (Å²) < 4.78 is 0. The zero-order valence-corrected chi connectivity index (χ0v) is 12.2. The summed E-state index contributed by atoms with van der Waals surface area (Å²) in [7, 11) is 0. The first-order valence-corrected chi connectivity index (χ1v) is 7.01. The van der Waals surface area contributed by atoms with Gasteiger partial charge >= 0.3 is 0 Å². The van der Waals surface area contributed by atoms with Gasteiger partial charge in [-0.15, -0.1) is 12.4 Å². The van der Waals surface area contributed by atoms with E-state index in [1.54, 1.807) is 0 Å². The molecule has 0 aromatic heterocycles. The van der Waals surface area contributed by atoms with Crippen molar-refractivity contribution in [2.24, 2.45) is 0 Å². The smallest absolute Gasteiger partial charge is 0.237 e. The van der Waals surface area contributed by atoms with Crippen molar-refractivity contribution in [2.75, 3.05) is 6.54 Å². The predicted octanol–water partition coefficient (Wildman–Crippen LogP) is 0.805. The molecule has 5 heteroatoms. The number of halogens is 1. The lowest BCUT2D eigenvalue weighted by atomic mass is 9.88. The molecule has 1 heterocycles. The number of aryl methyl sites for hydroxylation is 1. The number of carbonyl (C=O) groups is 1. The average molecular weight is 297 g/mol. The van der Waals surface area contributed by atoms with Crippen molar-refractivity contribution < 1.29 is 9.90 Å². The Morgan fingerprint density at radius 3 is 2.75 bits per heavy atom. The molecule has 1 amide bonds. The molecule has 1 saturated heterocycles. The molecule has 0 radical (unpaired) electrons. The van der Waals surface area contributed by atoms with E-state index in [1.807, 2.05) is 0 Å². The van der Waals surface area contributed by atoms with Crippen LogP contribution in [0.25, 0.3) is 0 Å². The number of aliphatic hydroxyl groups excluding tert-OH is 1. The number of hydrogen-bond acceptors (Lipinski definition) is 3. The van der Waals surface area contributed by atoms with E-state index in [1.165, 1.54) is 11.1 Å². The first-order chi connectivity index (χ1) is 9.22. The number of benzene rings is 1. The zero-order chi connectivity index (χ0) is 13.2. The summed E-state index contributed by atoms with van der Waals surface area (Å²) in [6, 6.07) is 8.43. The molecule has 4 nitrogen and oxygen atoms in total. The fourth-order valence-electron chi connectivity index (χ4n) is 3.04. The zero-order valence-electron chi connectivity index (χ0n) is 11.3. The first kappa shape index (κ1) is 15.3. The number of carbonyl (C=O) groups excluding carboxylic acids is 1. The highest BCUT2D eigenvalue weighted by molar-refractivity contribution is 5.85. The van der Waals surface area contributed by atoms with Gasteiger partial charge in [-0.1, -0.05) is 24.3 Å². The topological polar surface area (TPSA) is 61.4 Å². The Bertz CT molecular complexity index is 481. The summed E-state index contributed by atoms with van der Waals surface area (Å²) in [6.45, 7) is 0.519. The van der Waals surface area contributed by atoms with Gasteiger partial charge in [-0.05, 0) is 36.8 Å². The Morgan fingerprint density at radius 1 is 1.30 bits per heavy atom. The summed E-state index contributed by atoms with van der Waals surface area (Å²) in [6.07, 6.45) is 3.08. The lowest BCUT2D eigenvalue weighted by Gasteiger charge is -2.26. The van der Waals surface area contributed by atoms with Gasteiger partial charge in [0.15, 0.2) is 0 Å². The molecule has 2 aliphatic rings. The maximum absolute atomic E-state index is 12.1. The standard InChI is InChI=1S/C15H20N2O2.ClH/c18-13-8-14(16-9-13)15(19)17-12-6-5-10-3-1-2-4-11(10)7-12;/h1-4,12-14,16,18H,5-9H2,(H,17,19);1H. The molecule has 0 saturated carbocycles. The van der Waals surface area contributed by atoms with Crippen LogP contribution in [0.2, 0.25) is 0 Å². The molecular formula is C15H21ClN2O2. The summed E-state index contributed by atoms with van der Waals surface area (Å²) in [4.78, 5) is 12.1. The van der Waals surface area contributed by atoms with E-state index >= 15 is 0 Å². The molecular weight excluding hydrogens is 276 g/mol. The second kappa shape index (κ2) is 6.57. The third-order valence-corrected chi connectivity index (χ3v) is 4.12. The molecule has 1 aliphatic carbocycles. The molecule has 110 valence electrons. The van der Waals surface area contributed by atoms with Gasteiger partial charge in [0, 0.05) is 12.6 Å². The van der Waals surface area contributed by atoms with Crippen molar-refractivity contribution in [2.45, 2.75) is 43.9 Å². The molecule has 3 rings (SSSR count).